The Morgan fingerprint density at radius 1 is 1.64 bits per heavy atom. The van der Waals surface area contributed by atoms with Gasteiger partial charge in [-0.05, 0) is 31.2 Å². The summed E-state index contributed by atoms with van der Waals surface area (Å²) in [7, 11) is 0. The fraction of sp³-hybridized carbons (Fsp3) is 0.545. The Labute approximate surface area is 87.8 Å². The minimum absolute atomic E-state index is 0.544. The molecule has 0 radical (unpaired) electrons. The van der Waals surface area contributed by atoms with Gasteiger partial charge >= 0.3 is 0 Å². The first kappa shape index (κ1) is 9.70. The third-order valence-corrected chi connectivity index (χ3v) is 4.43. The summed E-state index contributed by atoms with van der Waals surface area (Å²) in [5.41, 5.74) is -1.52. The predicted octanol–water partition coefficient (Wildman–Crippen LogP) is 2.65. The van der Waals surface area contributed by atoms with Crippen LogP contribution in [-0.2, 0) is 5.60 Å². The minimum Gasteiger partial charge on any atom is -0.383 e. The van der Waals surface area contributed by atoms with Gasteiger partial charge in [-0.3, -0.25) is 0 Å². The van der Waals surface area contributed by atoms with Crippen molar-refractivity contribution in [2.45, 2.75) is 31.8 Å². The van der Waals surface area contributed by atoms with E-state index in [1.54, 1.807) is 6.92 Å². The molecule has 2 rings (SSSR count). The molecule has 0 aromatic carbocycles. The normalized spacial score (nSPS) is 23.2. The van der Waals surface area contributed by atoms with Crippen LogP contribution in [0, 0.1) is 16.7 Å². The SMILES string of the molecule is CC(O)(c1cccs1)C1(C#N)CCC1. The molecule has 3 heteroatoms. The first-order chi connectivity index (χ1) is 6.62. The quantitative estimate of drug-likeness (QED) is 0.810. The monoisotopic (exact) mass is 207 g/mol. The summed E-state index contributed by atoms with van der Waals surface area (Å²) in [4.78, 5) is 0.902. The molecule has 1 atom stereocenters. The van der Waals surface area contributed by atoms with E-state index in [-0.39, 0.29) is 0 Å². The molecule has 1 aliphatic carbocycles. The van der Waals surface area contributed by atoms with Crippen molar-refractivity contribution in [3.63, 3.8) is 0 Å². The molecule has 0 aliphatic heterocycles. The van der Waals surface area contributed by atoms with Gasteiger partial charge < -0.3 is 5.11 Å². The van der Waals surface area contributed by atoms with Gasteiger partial charge in [0.25, 0.3) is 0 Å². The van der Waals surface area contributed by atoms with Crippen molar-refractivity contribution in [3.8, 4) is 6.07 Å². The van der Waals surface area contributed by atoms with E-state index in [9.17, 15) is 5.11 Å². The summed E-state index contributed by atoms with van der Waals surface area (Å²) in [5.74, 6) is 0. The van der Waals surface area contributed by atoms with Crippen molar-refractivity contribution in [3.05, 3.63) is 22.4 Å². The van der Waals surface area contributed by atoms with Crippen LogP contribution in [0.2, 0.25) is 0 Å². The second-order valence-electron chi connectivity index (χ2n) is 4.10. The molecular formula is C11H13NOS. The van der Waals surface area contributed by atoms with Gasteiger partial charge in [0.05, 0.1) is 11.5 Å². The van der Waals surface area contributed by atoms with Crippen LogP contribution in [0.3, 0.4) is 0 Å². The van der Waals surface area contributed by atoms with Gasteiger partial charge in [-0.15, -0.1) is 11.3 Å². The van der Waals surface area contributed by atoms with Gasteiger partial charge in [0.15, 0.2) is 0 Å². The largest absolute Gasteiger partial charge is 0.383 e. The van der Waals surface area contributed by atoms with Crippen molar-refractivity contribution < 1.29 is 5.11 Å². The van der Waals surface area contributed by atoms with Crippen molar-refractivity contribution in [2.75, 3.05) is 0 Å². The zero-order valence-corrected chi connectivity index (χ0v) is 8.97. The molecule has 74 valence electrons. The number of thiophene rings is 1. The van der Waals surface area contributed by atoms with Gasteiger partial charge in [0, 0.05) is 4.88 Å². The lowest BCUT2D eigenvalue weighted by Gasteiger charge is -2.46. The number of hydrogen-bond donors (Lipinski definition) is 1. The molecule has 1 heterocycles. The zero-order valence-electron chi connectivity index (χ0n) is 8.16. The molecule has 0 bridgehead atoms. The van der Waals surface area contributed by atoms with Crippen LogP contribution < -0.4 is 0 Å². The number of hydrogen-bond acceptors (Lipinski definition) is 3. The smallest absolute Gasteiger partial charge is 0.114 e. The average molecular weight is 207 g/mol. The lowest BCUT2D eigenvalue weighted by molar-refractivity contribution is -0.0831. The van der Waals surface area contributed by atoms with Crippen LogP contribution in [0.25, 0.3) is 0 Å². The zero-order chi connectivity index (χ0) is 10.2. The summed E-state index contributed by atoms with van der Waals surface area (Å²) in [6.07, 6.45) is 2.68. The number of nitriles is 1. The molecule has 1 saturated carbocycles. The average Bonchev–Trinajstić information content (AvgIpc) is 2.53. The highest BCUT2D eigenvalue weighted by Gasteiger charge is 2.53. The lowest BCUT2D eigenvalue weighted by atomic mass is 9.60. The van der Waals surface area contributed by atoms with Crippen molar-refractivity contribution >= 4 is 11.3 Å². The molecule has 14 heavy (non-hydrogen) atoms. The summed E-state index contributed by atoms with van der Waals surface area (Å²) in [6.45, 7) is 1.77. The minimum atomic E-state index is -0.978. The van der Waals surface area contributed by atoms with E-state index >= 15 is 0 Å². The molecule has 1 unspecified atom stereocenters. The highest BCUT2D eigenvalue weighted by Crippen LogP contribution is 2.53. The standard InChI is InChI=1S/C11H13NOS/c1-10(13,9-4-2-7-14-9)11(8-12)5-3-6-11/h2,4,7,13H,3,5-6H2,1H3. The fourth-order valence-corrected chi connectivity index (χ4v) is 2.91. The Morgan fingerprint density at radius 3 is 2.71 bits per heavy atom. The topological polar surface area (TPSA) is 44.0 Å². The maximum atomic E-state index is 10.4. The first-order valence-electron chi connectivity index (χ1n) is 4.80. The molecule has 1 fully saturated rings. The Balaban J connectivity index is 2.37. The van der Waals surface area contributed by atoms with E-state index in [0.29, 0.717) is 0 Å². The number of rotatable bonds is 2. The Hall–Kier alpha value is -0.850. The van der Waals surface area contributed by atoms with Crippen LogP contribution in [0.5, 0.6) is 0 Å². The lowest BCUT2D eigenvalue weighted by Crippen LogP contribution is -2.46. The molecule has 1 aliphatic rings. The molecule has 0 saturated heterocycles. The van der Waals surface area contributed by atoms with Gasteiger partial charge in [-0.2, -0.15) is 5.26 Å². The van der Waals surface area contributed by atoms with E-state index in [4.69, 9.17) is 5.26 Å². The molecule has 0 spiro atoms. The molecule has 1 N–H and O–H groups in total. The fourth-order valence-electron chi connectivity index (χ4n) is 2.03. The molecule has 1 aromatic rings. The molecule has 2 nitrogen and oxygen atoms in total. The van der Waals surface area contributed by atoms with E-state index < -0.39 is 11.0 Å². The third kappa shape index (κ3) is 1.11. The highest BCUT2D eigenvalue weighted by molar-refractivity contribution is 7.10. The number of nitrogens with zero attached hydrogens (tertiary/aromatic N) is 1. The van der Waals surface area contributed by atoms with Crippen LogP contribution in [0.15, 0.2) is 17.5 Å². The molecule has 1 aromatic heterocycles. The predicted molar refractivity (Wildman–Crippen MR) is 55.8 cm³/mol. The van der Waals surface area contributed by atoms with Crippen LogP contribution in [0.1, 0.15) is 31.1 Å². The molecule has 0 amide bonds. The van der Waals surface area contributed by atoms with Crippen molar-refractivity contribution in [1.82, 2.24) is 0 Å². The summed E-state index contributed by atoms with van der Waals surface area (Å²) in [5, 5.41) is 21.5. The van der Waals surface area contributed by atoms with Gasteiger partial charge in [-0.1, -0.05) is 12.5 Å². The molecular weight excluding hydrogens is 194 g/mol. The second-order valence-corrected chi connectivity index (χ2v) is 5.04. The second kappa shape index (κ2) is 3.08. The summed E-state index contributed by atoms with van der Waals surface area (Å²) < 4.78 is 0. The van der Waals surface area contributed by atoms with E-state index in [0.717, 1.165) is 24.1 Å². The third-order valence-electron chi connectivity index (χ3n) is 3.35. The van der Waals surface area contributed by atoms with Gasteiger partial charge in [-0.25, -0.2) is 0 Å². The maximum Gasteiger partial charge on any atom is 0.114 e. The van der Waals surface area contributed by atoms with Crippen LogP contribution in [-0.4, -0.2) is 5.11 Å². The Morgan fingerprint density at radius 2 is 2.36 bits per heavy atom. The summed E-state index contributed by atoms with van der Waals surface area (Å²) in [6, 6.07) is 6.12. The van der Waals surface area contributed by atoms with Gasteiger partial charge in [0.2, 0.25) is 0 Å². The van der Waals surface area contributed by atoms with E-state index in [1.165, 1.54) is 11.3 Å². The Bertz CT molecular complexity index is 357. The van der Waals surface area contributed by atoms with Crippen molar-refractivity contribution in [1.29, 1.82) is 5.26 Å². The summed E-state index contributed by atoms with van der Waals surface area (Å²) >= 11 is 1.52. The van der Waals surface area contributed by atoms with Crippen molar-refractivity contribution in [2.24, 2.45) is 5.41 Å². The van der Waals surface area contributed by atoms with Crippen LogP contribution in [0.4, 0.5) is 0 Å². The maximum absolute atomic E-state index is 10.4. The van der Waals surface area contributed by atoms with Crippen LogP contribution >= 0.6 is 11.3 Å². The van der Waals surface area contributed by atoms with E-state index in [2.05, 4.69) is 6.07 Å². The number of aliphatic hydroxyl groups is 1. The van der Waals surface area contributed by atoms with E-state index in [1.807, 2.05) is 17.5 Å². The first-order valence-corrected chi connectivity index (χ1v) is 5.68. The van der Waals surface area contributed by atoms with Gasteiger partial charge in [0.1, 0.15) is 5.60 Å². The highest BCUT2D eigenvalue weighted by atomic mass is 32.1. The Kier molecular flexibility index (Phi) is 2.13.